The number of halogens is 1. The lowest BCUT2D eigenvalue weighted by molar-refractivity contribution is 0.629. The predicted molar refractivity (Wildman–Crippen MR) is 103 cm³/mol. The number of hydrogen-bond donors (Lipinski definition) is 1. The zero-order valence-electron chi connectivity index (χ0n) is 14.4. The largest absolute Gasteiger partial charge is 0.367 e. The molecule has 1 unspecified atom stereocenters. The fraction of sp³-hybridized carbons (Fsp3) is 0.250. The van der Waals surface area contributed by atoms with Crippen LogP contribution < -0.4 is 4.90 Å². The highest BCUT2D eigenvalue weighted by Crippen LogP contribution is 2.32. The molecule has 1 aliphatic rings. The molecule has 0 spiro atoms. The summed E-state index contributed by atoms with van der Waals surface area (Å²) in [6.07, 6.45) is 4.05. The van der Waals surface area contributed by atoms with Gasteiger partial charge in [-0.05, 0) is 42.2 Å². The third-order valence-electron chi connectivity index (χ3n) is 4.67. The van der Waals surface area contributed by atoms with Gasteiger partial charge in [-0.2, -0.15) is 0 Å². The zero-order valence-corrected chi connectivity index (χ0v) is 15.2. The standard InChI is InChI=1S/C20H20FN3OS/c1-2-10-24-11-4-7-14-5-3-6-15(19(14)24)13-26(25)20-22-17-9-8-16(21)12-18(17)23-20/h2-3,5-6,8-9,12H,1,4,7,10-11,13H2,(H,22,23). The highest BCUT2D eigenvalue weighted by molar-refractivity contribution is 7.84. The Morgan fingerprint density at radius 2 is 2.23 bits per heavy atom. The van der Waals surface area contributed by atoms with Crippen molar-refractivity contribution in [2.24, 2.45) is 0 Å². The minimum atomic E-state index is -1.33. The Labute approximate surface area is 154 Å². The molecular weight excluding hydrogens is 349 g/mol. The summed E-state index contributed by atoms with van der Waals surface area (Å²) in [7, 11) is -1.33. The van der Waals surface area contributed by atoms with Crippen LogP contribution in [0.5, 0.6) is 0 Å². The van der Waals surface area contributed by atoms with Gasteiger partial charge in [-0.15, -0.1) is 6.58 Å². The topological polar surface area (TPSA) is 49.0 Å². The second-order valence-electron chi connectivity index (χ2n) is 6.46. The molecule has 3 aromatic rings. The van der Waals surface area contributed by atoms with Gasteiger partial charge in [-0.25, -0.2) is 9.37 Å². The maximum atomic E-state index is 13.4. The summed E-state index contributed by atoms with van der Waals surface area (Å²) in [6.45, 7) is 5.61. The Morgan fingerprint density at radius 1 is 1.35 bits per heavy atom. The number of para-hydroxylation sites is 1. The van der Waals surface area contributed by atoms with E-state index in [-0.39, 0.29) is 5.82 Å². The fourth-order valence-corrected chi connectivity index (χ4v) is 4.63. The number of benzene rings is 2. The first kappa shape index (κ1) is 17.0. The number of hydrogen-bond acceptors (Lipinski definition) is 3. The average Bonchev–Trinajstić information content (AvgIpc) is 3.05. The summed E-state index contributed by atoms with van der Waals surface area (Å²) >= 11 is 0. The maximum absolute atomic E-state index is 13.4. The first-order valence-electron chi connectivity index (χ1n) is 8.66. The number of nitrogens with zero attached hydrogens (tertiary/aromatic N) is 2. The molecule has 4 nitrogen and oxygen atoms in total. The molecule has 0 radical (unpaired) electrons. The molecule has 26 heavy (non-hydrogen) atoms. The van der Waals surface area contributed by atoms with Crippen LogP contribution in [0.15, 0.2) is 54.2 Å². The first-order valence-corrected chi connectivity index (χ1v) is 9.98. The Morgan fingerprint density at radius 3 is 3.08 bits per heavy atom. The van der Waals surface area contributed by atoms with E-state index in [1.54, 1.807) is 6.07 Å². The summed E-state index contributed by atoms with van der Waals surface area (Å²) in [6, 6.07) is 10.5. The van der Waals surface area contributed by atoms with Gasteiger partial charge in [0.15, 0.2) is 5.16 Å². The summed E-state index contributed by atoms with van der Waals surface area (Å²) < 4.78 is 26.3. The number of aromatic amines is 1. The molecule has 1 aromatic heterocycles. The van der Waals surface area contributed by atoms with Gasteiger partial charge in [0, 0.05) is 18.8 Å². The van der Waals surface area contributed by atoms with Crippen molar-refractivity contribution in [3.63, 3.8) is 0 Å². The van der Waals surface area contributed by atoms with Crippen molar-refractivity contribution in [2.75, 3.05) is 18.0 Å². The zero-order chi connectivity index (χ0) is 18.1. The smallest absolute Gasteiger partial charge is 0.197 e. The molecule has 1 atom stereocenters. The van der Waals surface area contributed by atoms with Gasteiger partial charge in [-0.1, -0.05) is 24.3 Å². The van der Waals surface area contributed by atoms with Gasteiger partial charge in [-0.3, -0.25) is 4.21 Å². The second-order valence-corrected chi connectivity index (χ2v) is 7.82. The molecule has 6 heteroatoms. The number of H-pyrrole nitrogens is 1. The number of rotatable bonds is 5. The van der Waals surface area contributed by atoms with Crippen LogP contribution in [0.1, 0.15) is 17.5 Å². The first-order chi connectivity index (χ1) is 12.7. The summed E-state index contributed by atoms with van der Waals surface area (Å²) in [5.74, 6) is 0.0368. The molecule has 2 heterocycles. The van der Waals surface area contributed by atoms with E-state index in [1.165, 1.54) is 23.4 Å². The number of imidazole rings is 1. The normalized spacial score (nSPS) is 15.0. The molecule has 1 N–H and O–H groups in total. The van der Waals surface area contributed by atoms with Gasteiger partial charge >= 0.3 is 0 Å². The molecule has 2 aromatic carbocycles. The van der Waals surface area contributed by atoms with E-state index in [4.69, 9.17) is 0 Å². The van der Waals surface area contributed by atoms with E-state index < -0.39 is 10.8 Å². The lowest BCUT2D eigenvalue weighted by Gasteiger charge is -2.32. The summed E-state index contributed by atoms with van der Waals surface area (Å²) in [4.78, 5) is 9.65. The van der Waals surface area contributed by atoms with Crippen molar-refractivity contribution >= 4 is 27.5 Å². The molecule has 0 aliphatic carbocycles. The number of aromatic nitrogens is 2. The quantitative estimate of drug-likeness (QED) is 0.693. The number of aryl methyl sites for hydroxylation is 1. The van der Waals surface area contributed by atoms with E-state index in [2.05, 4.69) is 27.5 Å². The van der Waals surface area contributed by atoms with E-state index in [9.17, 15) is 8.60 Å². The summed E-state index contributed by atoms with van der Waals surface area (Å²) in [5.41, 5.74) is 4.71. The molecule has 0 saturated carbocycles. The van der Waals surface area contributed by atoms with E-state index >= 15 is 0 Å². The van der Waals surface area contributed by atoms with Crippen LogP contribution in [0, 0.1) is 5.82 Å². The van der Waals surface area contributed by atoms with E-state index in [0.29, 0.717) is 21.9 Å². The van der Waals surface area contributed by atoms with Crippen molar-refractivity contribution in [3.05, 3.63) is 66.0 Å². The third-order valence-corrected chi connectivity index (χ3v) is 5.87. The monoisotopic (exact) mass is 369 g/mol. The van der Waals surface area contributed by atoms with Crippen LogP contribution >= 0.6 is 0 Å². The average molecular weight is 369 g/mol. The van der Waals surface area contributed by atoms with Gasteiger partial charge < -0.3 is 9.88 Å². The SMILES string of the molecule is C=CCN1CCCc2cccc(CS(=O)c3nc4ccc(F)cc4[nH]3)c21. The van der Waals surface area contributed by atoms with Crippen LogP contribution in [0.4, 0.5) is 10.1 Å². The fourth-order valence-electron chi connectivity index (χ4n) is 3.56. The Hall–Kier alpha value is -2.47. The molecule has 0 bridgehead atoms. The van der Waals surface area contributed by atoms with Crippen molar-refractivity contribution in [1.29, 1.82) is 0 Å². The van der Waals surface area contributed by atoms with E-state index in [1.807, 2.05) is 18.2 Å². The number of anilines is 1. The van der Waals surface area contributed by atoms with Gasteiger partial charge in [0.05, 0.1) is 27.6 Å². The van der Waals surface area contributed by atoms with Crippen LogP contribution in [0.2, 0.25) is 0 Å². The number of fused-ring (bicyclic) bond motifs is 2. The van der Waals surface area contributed by atoms with Gasteiger partial charge in [0.25, 0.3) is 0 Å². The molecule has 0 amide bonds. The minimum Gasteiger partial charge on any atom is -0.367 e. The van der Waals surface area contributed by atoms with Crippen LogP contribution in [-0.4, -0.2) is 27.3 Å². The molecule has 1 aliphatic heterocycles. The van der Waals surface area contributed by atoms with Gasteiger partial charge in [0.2, 0.25) is 0 Å². The summed E-state index contributed by atoms with van der Waals surface area (Å²) in [5, 5.41) is 0.384. The lowest BCUT2D eigenvalue weighted by atomic mass is 9.98. The van der Waals surface area contributed by atoms with Crippen LogP contribution in [0.25, 0.3) is 11.0 Å². The molecule has 0 saturated heterocycles. The van der Waals surface area contributed by atoms with Crippen molar-refractivity contribution in [3.8, 4) is 0 Å². The Kier molecular flexibility index (Phi) is 4.59. The van der Waals surface area contributed by atoms with Crippen LogP contribution in [-0.2, 0) is 23.0 Å². The number of nitrogens with one attached hydrogen (secondary N) is 1. The molecule has 0 fully saturated rings. The van der Waals surface area contributed by atoms with E-state index in [0.717, 1.165) is 31.5 Å². The highest BCUT2D eigenvalue weighted by Gasteiger charge is 2.21. The van der Waals surface area contributed by atoms with Crippen molar-refractivity contribution in [2.45, 2.75) is 23.8 Å². The lowest BCUT2D eigenvalue weighted by Crippen LogP contribution is -2.30. The highest BCUT2D eigenvalue weighted by atomic mass is 32.2. The molecular formula is C20H20FN3OS. The minimum absolute atomic E-state index is 0.337. The van der Waals surface area contributed by atoms with Crippen molar-refractivity contribution < 1.29 is 8.60 Å². The Bertz CT molecular complexity index is 998. The van der Waals surface area contributed by atoms with Crippen LogP contribution in [0.3, 0.4) is 0 Å². The molecule has 134 valence electrons. The predicted octanol–water partition coefficient (Wildman–Crippen LogP) is 3.95. The maximum Gasteiger partial charge on any atom is 0.197 e. The second kappa shape index (κ2) is 7.03. The van der Waals surface area contributed by atoms with Gasteiger partial charge in [0.1, 0.15) is 5.82 Å². The Balaban J connectivity index is 1.66. The van der Waals surface area contributed by atoms with Crippen molar-refractivity contribution in [1.82, 2.24) is 9.97 Å². The third kappa shape index (κ3) is 3.17. The molecule has 4 rings (SSSR count).